The van der Waals surface area contributed by atoms with Crippen LogP contribution in [0.15, 0.2) is 0 Å². The molecule has 0 radical (unpaired) electrons. The maximum atomic E-state index is 12.5. The highest BCUT2D eigenvalue weighted by molar-refractivity contribution is 8.19. The Morgan fingerprint density at radius 3 is 1.63 bits per heavy atom. The Labute approximate surface area is 118 Å². The topological polar surface area (TPSA) is 61.8 Å². The first-order valence-electron chi connectivity index (χ1n) is 7.13. The van der Waals surface area contributed by atoms with Crippen molar-refractivity contribution in [1.82, 2.24) is 0 Å². The van der Waals surface area contributed by atoms with E-state index in [9.17, 15) is 8.42 Å². The minimum Gasteiger partial charge on any atom is -0.363 e. The first-order chi connectivity index (χ1) is 8.99. The monoisotopic (exact) mass is 312 g/mol. The Bertz CT molecular complexity index is 301. The second-order valence-corrected chi connectivity index (χ2v) is 11.0. The average Bonchev–Trinajstić information content (AvgIpc) is 2.35. The fourth-order valence-corrected chi connectivity index (χ4v) is 8.31. The van der Waals surface area contributed by atoms with Gasteiger partial charge in [0.2, 0.25) is 9.29 Å². The van der Waals surface area contributed by atoms with E-state index in [0.717, 1.165) is 19.3 Å². The van der Waals surface area contributed by atoms with E-state index in [-0.39, 0.29) is 25.6 Å². The van der Waals surface area contributed by atoms with Crippen LogP contribution in [0.3, 0.4) is 0 Å². The molecule has 0 aliphatic heterocycles. The summed E-state index contributed by atoms with van der Waals surface area (Å²) in [7, 11) is -7.09. The van der Waals surface area contributed by atoms with Crippen LogP contribution in [0.5, 0.6) is 0 Å². The lowest BCUT2D eigenvalue weighted by Gasteiger charge is -2.27. The van der Waals surface area contributed by atoms with Crippen molar-refractivity contribution in [3.8, 4) is 0 Å². The molecule has 7 heteroatoms. The molecule has 0 saturated carbocycles. The van der Waals surface area contributed by atoms with E-state index in [2.05, 4.69) is 6.92 Å². The van der Waals surface area contributed by atoms with Gasteiger partial charge in [0.15, 0.2) is 0 Å². The van der Waals surface area contributed by atoms with E-state index in [1.165, 1.54) is 0 Å². The molecule has 0 amide bonds. The van der Waals surface area contributed by atoms with Crippen LogP contribution in [0.4, 0.5) is 0 Å². The summed E-state index contributed by atoms with van der Waals surface area (Å²) in [5, 5.41) is 0. The Hall–Kier alpha value is 0.0469. The molecule has 0 heterocycles. The number of hydrogen-bond donors (Lipinski definition) is 0. The molecule has 0 rings (SSSR count). The Kier molecular flexibility index (Phi) is 9.90. The number of rotatable bonds is 12. The zero-order chi connectivity index (χ0) is 14.8. The summed E-state index contributed by atoms with van der Waals surface area (Å²) in [6.07, 6.45) is 3.66. The van der Waals surface area contributed by atoms with Gasteiger partial charge in [0.1, 0.15) is 0 Å². The molecule has 0 aromatic heterocycles. The van der Waals surface area contributed by atoms with Crippen molar-refractivity contribution in [1.29, 1.82) is 0 Å². The van der Waals surface area contributed by atoms with Crippen molar-refractivity contribution in [2.75, 3.05) is 25.6 Å². The second-order valence-electron chi connectivity index (χ2n) is 4.18. The minimum absolute atomic E-state index is 0.0826. The van der Waals surface area contributed by atoms with Crippen LogP contribution in [-0.4, -0.2) is 41.9 Å². The van der Waals surface area contributed by atoms with Gasteiger partial charge in [0, 0.05) is 19.8 Å². The fourth-order valence-electron chi connectivity index (χ4n) is 1.77. The van der Waals surface area contributed by atoms with Crippen molar-refractivity contribution < 1.29 is 21.7 Å². The standard InChI is InChI=1S/C12H28O5SSi/c1-5-9-10-11-12-18(13,14)19(15-6-2,16-7-3)17-8-4/h5-12H2,1-4H3. The van der Waals surface area contributed by atoms with Crippen molar-refractivity contribution in [2.45, 2.75) is 53.4 Å². The second kappa shape index (κ2) is 9.87. The van der Waals surface area contributed by atoms with E-state index in [4.69, 9.17) is 13.3 Å². The maximum Gasteiger partial charge on any atom is 0.634 e. The first kappa shape index (κ1) is 19.0. The van der Waals surface area contributed by atoms with Crippen molar-refractivity contribution >= 4 is 17.2 Å². The summed E-state index contributed by atoms with van der Waals surface area (Å²) < 4.78 is 41.3. The third kappa shape index (κ3) is 5.91. The maximum absolute atomic E-state index is 12.5. The van der Waals surface area contributed by atoms with E-state index >= 15 is 0 Å². The fraction of sp³-hybridized carbons (Fsp3) is 1.00. The number of hydrogen-bond acceptors (Lipinski definition) is 5. The summed E-state index contributed by atoms with van der Waals surface area (Å²) in [5.74, 6) is 0.0826. The molecular weight excluding hydrogens is 284 g/mol. The molecule has 5 nitrogen and oxygen atoms in total. The van der Waals surface area contributed by atoms with E-state index in [0.29, 0.717) is 6.42 Å². The molecule has 0 unspecified atom stereocenters. The molecule has 0 atom stereocenters. The highest BCUT2D eigenvalue weighted by Gasteiger charge is 2.55. The molecule has 116 valence electrons. The summed E-state index contributed by atoms with van der Waals surface area (Å²) in [5.41, 5.74) is 0. The van der Waals surface area contributed by atoms with Crippen molar-refractivity contribution in [3.05, 3.63) is 0 Å². The van der Waals surface area contributed by atoms with Gasteiger partial charge in [0.25, 0.3) is 0 Å². The summed E-state index contributed by atoms with van der Waals surface area (Å²) in [6.45, 7) is 8.19. The largest absolute Gasteiger partial charge is 0.634 e. The predicted molar refractivity (Wildman–Crippen MR) is 78.6 cm³/mol. The summed E-state index contributed by atoms with van der Waals surface area (Å²) in [4.78, 5) is 0. The van der Waals surface area contributed by atoms with Gasteiger partial charge in [-0.2, -0.15) is 0 Å². The van der Waals surface area contributed by atoms with Crippen molar-refractivity contribution in [2.24, 2.45) is 0 Å². The third-order valence-electron chi connectivity index (χ3n) is 2.61. The molecule has 0 N–H and O–H groups in total. The van der Waals surface area contributed by atoms with Gasteiger partial charge in [-0.1, -0.05) is 26.2 Å². The lowest BCUT2D eigenvalue weighted by Crippen LogP contribution is -2.54. The van der Waals surface area contributed by atoms with Gasteiger partial charge in [-0.25, -0.2) is 8.42 Å². The highest BCUT2D eigenvalue weighted by atomic mass is 32.4. The molecule has 0 aliphatic rings. The van der Waals surface area contributed by atoms with E-state index in [1.54, 1.807) is 20.8 Å². The van der Waals surface area contributed by atoms with Gasteiger partial charge in [-0.3, -0.25) is 0 Å². The van der Waals surface area contributed by atoms with Crippen LogP contribution in [0, 0.1) is 0 Å². The smallest absolute Gasteiger partial charge is 0.363 e. The Balaban J connectivity index is 4.87. The van der Waals surface area contributed by atoms with Gasteiger partial charge < -0.3 is 13.3 Å². The van der Waals surface area contributed by atoms with Gasteiger partial charge in [-0.05, 0) is 27.2 Å². The van der Waals surface area contributed by atoms with Crippen molar-refractivity contribution in [3.63, 3.8) is 0 Å². The zero-order valence-electron chi connectivity index (χ0n) is 12.6. The van der Waals surface area contributed by atoms with E-state index in [1.807, 2.05) is 0 Å². The highest BCUT2D eigenvalue weighted by Crippen LogP contribution is 2.20. The van der Waals surface area contributed by atoms with Crippen LogP contribution in [0.1, 0.15) is 53.4 Å². The quantitative estimate of drug-likeness (QED) is 0.409. The molecule has 19 heavy (non-hydrogen) atoms. The lowest BCUT2D eigenvalue weighted by atomic mass is 10.2. The number of unbranched alkanes of at least 4 members (excludes halogenated alkanes) is 3. The average molecular weight is 313 g/mol. The Morgan fingerprint density at radius 1 is 0.789 bits per heavy atom. The molecule has 0 bridgehead atoms. The summed E-state index contributed by atoms with van der Waals surface area (Å²) in [6, 6.07) is 0. The molecule has 0 aliphatic carbocycles. The molecule has 0 aromatic rings. The zero-order valence-corrected chi connectivity index (χ0v) is 14.4. The van der Waals surface area contributed by atoms with Crippen LogP contribution < -0.4 is 0 Å². The van der Waals surface area contributed by atoms with Crippen LogP contribution in [-0.2, 0) is 22.6 Å². The normalized spacial score (nSPS) is 12.8. The van der Waals surface area contributed by atoms with Gasteiger partial charge >= 0.3 is 7.95 Å². The van der Waals surface area contributed by atoms with Gasteiger partial charge in [-0.15, -0.1) is 0 Å². The SMILES string of the molecule is CCCCCCS(=O)(=O)[Si](OCC)(OCC)OCC. The first-order valence-corrected chi connectivity index (χ1v) is 11.2. The van der Waals surface area contributed by atoms with E-state index < -0.39 is 17.2 Å². The molecule has 0 aromatic carbocycles. The Morgan fingerprint density at radius 2 is 1.26 bits per heavy atom. The summed E-state index contributed by atoms with van der Waals surface area (Å²) >= 11 is 0. The van der Waals surface area contributed by atoms with Crippen LogP contribution >= 0.6 is 0 Å². The van der Waals surface area contributed by atoms with Crippen LogP contribution in [0.2, 0.25) is 0 Å². The molecule has 0 saturated heterocycles. The van der Waals surface area contributed by atoms with Crippen LogP contribution in [0.25, 0.3) is 0 Å². The third-order valence-corrected chi connectivity index (χ3v) is 10.1. The minimum atomic E-state index is -3.61. The van der Waals surface area contributed by atoms with Gasteiger partial charge in [0.05, 0.1) is 5.75 Å². The molecule has 0 spiro atoms. The molecular formula is C12H28O5SSi. The predicted octanol–water partition coefficient (Wildman–Crippen LogP) is 2.53. The molecule has 0 fully saturated rings. The lowest BCUT2D eigenvalue weighted by molar-refractivity contribution is 0.0931.